The Kier molecular flexibility index (Phi) is 18.6. The number of allylic oxidation sites excluding steroid dienone is 2. The van der Waals surface area contributed by atoms with Gasteiger partial charge in [0.2, 0.25) is 0 Å². The van der Waals surface area contributed by atoms with Crippen molar-refractivity contribution in [1.82, 2.24) is 0 Å². The number of unbranched alkanes of at least 4 members (excludes halogenated alkanes) is 7. The largest absolute Gasteiger partial charge is 1.00 e. The van der Waals surface area contributed by atoms with Crippen molar-refractivity contribution in [2.45, 2.75) is 200 Å². The zero-order valence-corrected chi connectivity index (χ0v) is 37.8. The van der Waals surface area contributed by atoms with E-state index < -0.39 is 8.60 Å². The van der Waals surface area contributed by atoms with Gasteiger partial charge >= 0.3 is 44.1 Å². The van der Waals surface area contributed by atoms with Gasteiger partial charge in [0, 0.05) is 36.8 Å². The number of rotatable bonds is 18. The van der Waals surface area contributed by atoms with Crippen LogP contribution in [0.15, 0.2) is 36.4 Å². The molecule has 0 spiro atoms. The van der Waals surface area contributed by atoms with E-state index in [0.29, 0.717) is 25.7 Å². The van der Waals surface area contributed by atoms with E-state index in [0.717, 1.165) is 67.6 Å². The van der Waals surface area contributed by atoms with E-state index in [2.05, 4.69) is 71.0 Å². The summed E-state index contributed by atoms with van der Waals surface area (Å²) < 4.78 is 19.9. The van der Waals surface area contributed by atoms with Crippen LogP contribution in [0.5, 0.6) is 11.5 Å². The average Bonchev–Trinajstić information content (AvgIpc) is 3.12. The number of carbonyl (C=O) groups excluding carboxylic acids is 2. The maximum atomic E-state index is 13.5. The number of benzene rings is 2. The molecule has 294 valence electrons. The van der Waals surface area contributed by atoms with Crippen molar-refractivity contribution in [1.29, 1.82) is 0 Å². The molecular formula is C47H70NaO5P. The Morgan fingerprint density at radius 1 is 0.685 bits per heavy atom. The molecule has 2 aliphatic carbocycles. The molecule has 2 aromatic carbocycles. The van der Waals surface area contributed by atoms with Crippen LogP contribution < -0.4 is 38.6 Å². The van der Waals surface area contributed by atoms with Gasteiger partial charge in [-0.2, -0.15) is 0 Å². The van der Waals surface area contributed by atoms with Crippen molar-refractivity contribution < 1.29 is 54.1 Å². The van der Waals surface area contributed by atoms with Gasteiger partial charge in [0.1, 0.15) is 17.3 Å². The number of ketones is 1. The minimum Gasteiger partial charge on any atom is -1.00 e. The van der Waals surface area contributed by atoms with Crippen molar-refractivity contribution in [3.63, 3.8) is 0 Å². The van der Waals surface area contributed by atoms with E-state index >= 15 is 0 Å². The standard InChI is InChI=1S/C47H69O5P.Na.H/c1-6-7-8-9-10-11-12-13-14-17-24-40(48)25-18-19-26-43(49)50-53-51-44-38(31-36(2)33-41(44)46(4)27-20-15-21-28-46)35-39-32-37(3)34-42(45(39)52-53)47(5)29-22-16-23-30-47;;/h13-14,31-34H,6-12,15-30,35H2,1-5H3;;/q;+1;-1/b14-13-;;. The first-order valence-electron chi connectivity index (χ1n) is 21.4. The predicted octanol–water partition coefficient (Wildman–Crippen LogP) is 11.2. The summed E-state index contributed by atoms with van der Waals surface area (Å²) in [4.78, 5) is 26.1. The normalized spacial score (nSPS) is 17.9. The van der Waals surface area contributed by atoms with Crippen LogP contribution in [0.3, 0.4) is 0 Å². The first kappa shape index (κ1) is 45.1. The second kappa shape index (κ2) is 22.3. The zero-order chi connectivity index (χ0) is 37.7. The number of fused-ring (bicyclic) bond motifs is 2. The maximum absolute atomic E-state index is 13.5. The quantitative estimate of drug-likeness (QED) is 0.0654. The molecule has 0 unspecified atom stereocenters. The molecule has 1 aliphatic heterocycles. The number of aryl methyl sites for hydroxylation is 2. The minimum atomic E-state index is -2.04. The minimum absolute atomic E-state index is 0. The fourth-order valence-corrected chi connectivity index (χ4v) is 10.2. The van der Waals surface area contributed by atoms with Gasteiger partial charge in [-0.3, -0.25) is 9.59 Å². The first-order chi connectivity index (χ1) is 25.6. The Morgan fingerprint density at radius 2 is 1.19 bits per heavy atom. The van der Waals surface area contributed by atoms with E-state index in [1.165, 1.54) is 99.3 Å². The number of hydrogen-bond acceptors (Lipinski definition) is 5. The summed E-state index contributed by atoms with van der Waals surface area (Å²) in [5, 5.41) is 0. The Morgan fingerprint density at radius 3 is 1.74 bits per heavy atom. The van der Waals surface area contributed by atoms with Crippen LogP contribution in [0.1, 0.15) is 203 Å². The van der Waals surface area contributed by atoms with E-state index in [1.54, 1.807) is 0 Å². The van der Waals surface area contributed by atoms with Crippen molar-refractivity contribution in [2.75, 3.05) is 0 Å². The van der Waals surface area contributed by atoms with Crippen LogP contribution in [-0.2, 0) is 31.4 Å². The van der Waals surface area contributed by atoms with E-state index in [-0.39, 0.29) is 60.0 Å². The Bertz CT molecular complexity index is 1460. The van der Waals surface area contributed by atoms with Gasteiger partial charge in [-0.15, -0.1) is 0 Å². The van der Waals surface area contributed by atoms with Gasteiger partial charge < -0.3 is 15.0 Å². The SMILES string of the molecule is CCCCCCCC/C=C\CCC(=O)CCCCC(=O)OP1Oc2c(cc(C)cc2C2(C)CCCCC2)Cc2cc(C)cc(C3(C)CCCCC3)c2O1.[H-].[Na+]. The van der Waals surface area contributed by atoms with Crippen LogP contribution in [0, 0.1) is 13.8 Å². The zero-order valence-electron chi connectivity index (χ0n) is 35.9. The molecular weight excluding hydrogens is 698 g/mol. The number of carbonyl (C=O) groups is 2. The molecule has 0 aromatic heterocycles. The van der Waals surface area contributed by atoms with Crippen LogP contribution in [0.2, 0.25) is 0 Å². The molecule has 54 heavy (non-hydrogen) atoms. The van der Waals surface area contributed by atoms with Crippen molar-refractivity contribution in [3.8, 4) is 11.5 Å². The summed E-state index contributed by atoms with van der Waals surface area (Å²) in [7, 11) is -2.04. The second-order valence-corrected chi connectivity index (χ2v) is 18.2. The molecule has 2 aromatic rings. The molecule has 5 nitrogen and oxygen atoms in total. The molecule has 0 saturated heterocycles. The third-order valence-electron chi connectivity index (χ3n) is 12.3. The number of hydrogen-bond donors (Lipinski definition) is 0. The summed E-state index contributed by atoms with van der Waals surface area (Å²) in [6.07, 6.45) is 29.4. The summed E-state index contributed by atoms with van der Waals surface area (Å²) in [6.45, 7) is 11.4. The van der Waals surface area contributed by atoms with Gasteiger partial charge in [0.15, 0.2) is 0 Å². The maximum Gasteiger partial charge on any atom is 1.00 e. The topological polar surface area (TPSA) is 61.8 Å². The monoisotopic (exact) mass is 768 g/mol. The Labute approximate surface area is 353 Å². The molecule has 0 bridgehead atoms. The van der Waals surface area contributed by atoms with Gasteiger partial charge in [-0.05, 0) is 93.6 Å². The molecule has 0 atom stereocenters. The third kappa shape index (κ3) is 12.9. The fraction of sp³-hybridized carbons (Fsp3) is 0.660. The summed E-state index contributed by atoms with van der Waals surface area (Å²) in [6, 6.07) is 9.13. The van der Waals surface area contributed by atoms with Gasteiger partial charge in [0.05, 0.1) is 0 Å². The molecule has 2 saturated carbocycles. The Hall–Kier alpha value is -1.65. The van der Waals surface area contributed by atoms with E-state index in [1.807, 2.05) is 0 Å². The fourth-order valence-electron chi connectivity index (χ4n) is 9.05. The predicted molar refractivity (Wildman–Crippen MR) is 221 cm³/mol. The molecule has 0 amide bonds. The molecule has 5 rings (SSSR count). The Balaban J connectivity index is 0.00000406. The second-order valence-electron chi connectivity index (χ2n) is 17.2. The first-order valence-corrected chi connectivity index (χ1v) is 22.5. The van der Waals surface area contributed by atoms with Crippen molar-refractivity contribution in [2.24, 2.45) is 0 Å². The average molecular weight is 769 g/mol. The van der Waals surface area contributed by atoms with Crippen LogP contribution in [0.4, 0.5) is 0 Å². The molecule has 7 heteroatoms. The number of Topliss-reactive ketones (excluding diaryl/α,β-unsaturated/α-hetero) is 1. The van der Waals surface area contributed by atoms with Gasteiger partial charge in [0.25, 0.3) is 0 Å². The van der Waals surface area contributed by atoms with Crippen LogP contribution >= 0.6 is 8.60 Å². The van der Waals surface area contributed by atoms with E-state index in [4.69, 9.17) is 13.6 Å². The van der Waals surface area contributed by atoms with Crippen molar-refractivity contribution in [3.05, 3.63) is 69.8 Å². The van der Waals surface area contributed by atoms with Gasteiger partial charge in [-0.25, -0.2) is 0 Å². The molecule has 0 radical (unpaired) electrons. The molecule has 2 fully saturated rings. The molecule has 3 aliphatic rings. The van der Waals surface area contributed by atoms with Crippen LogP contribution in [-0.4, -0.2) is 11.8 Å². The summed E-state index contributed by atoms with van der Waals surface area (Å²) in [5.41, 5.74) is 7.25. The summed E-state index contributed by atoms with van der Waals surface area (Å²) >= 11 is 0. The van der Waals surface area contributed by atoms with E-state index in [9.17, 15) is 9.59 Å². The van der Waals surface area contributed by atoms with Crippen molar-refractivity contribution >= 4 is 20.4 Å². The van der Waals surface area contributed by atoms with Crippen LogP contribution in [0.25, 0.3) is 0 Å². The van der Waals surface area contributed by atoms with Gasteiger partial charge in [-0.1, -0.05) is 139 Å². The smallest absolute Gasteiger partial charge is 1.00 e. The third-order valence-corrected chi connectivity index (χ3v) is 13.3. The molecule has 1 heterocycles. The molecule has 0 N–H and O–H groups in total. The summed E-state index contributed by atoms with van der Waals surface area (Å²) in [5.74, 6) is 1.65.